The molecule has 108 valence electrons. The second-order valence-corrected chi connectivity index (χ2v) is 5.40. The Labute approximate surface area is 139 Å². The van der Waals surface area contributed by atoms with Gasteiger partial charge in [-0.05, 0) is 16.7 Å². The van der Waals surface area contributed by atoms with Crippen LogP contribution in [0, 0.1) is 0 Å². The van der Waals surface area contributed by atoms with Crippen molar-refractivity contribution in [3.63, 3.8) is 0 Å². The van der Waals surface area contributed by atoms with Crippen molar-refractivity contribution in [3.05, 3.63) is 60.2 Å². The number of halogens is 1. The molecule has 1 aliphatic rings. The highest BCUT2D eigenvalue weighted by atomic mass is 79.9. The summed E-state index contributed by atoms with van der Waals surface area (Å²) < 4.78 is 0. The molecule has 1 N–H and O–H groups in total. The maximum Gasteiger partial charge on any atom is 0.177 e. The predicted octanol–water partition coefficient (Wildman–Crippen LogP) is 3.96. The van der Waals surface area contributed by atoms with Crippen molar-refractivity contribution in [1.29, 1.82) is 0 Å². The monoisotopic (exact) mass is 361 g/mol. The zero-order valence-electron chi connectivity index (χ0n) is 11.6. The fourth-order valence-electron chi connectivity index (χ4n) is 2.06. The van der Waals surface area contributed by atoms with Crippen molar-refractivity contribution < 1.29 is 0 Å². The first-order valence-electron chi connectivity index (χ1n) is 6.45. The van der Waals surface area contributed by atoms with E-state index >= 15 is 0 Å². The molecule has 0 saturated heterocycles. The van der Waals surface area contributed by atoms with Crippen LogP contribution in [0.3, 0.4) is 0 Å². The third-order valence-electron chi connectivity index (χ3n) is 3.16. The van der Waals surface area contributed by atoms with Crippen molar-refractivity contribution in [2.75, 3.05) is 12.8 Å². The van der Waals surface area contributed by atoms with Crippen molar-refractivity contribution in [1.82, 2.24) is 5.43 Å². The first-order valence-corrected chi connectivity index (χ1v) is 7.43. The molecule has 0 spiro atoms. The molecule has 1 aliphatic heterocycles. The third kappa shape index (κ3) is 3.74. The summed E-state index contributed by atoms with van der Waals surface area (Å²) in [5.41, 5.74) is 7.63. The van der Waals surface area contributed by atoms with Gasteiger partial charge in [-0.3, -0.25) is 10.4 Å². The molecule has 0 unspecified atom stereocenters. The number of hydrazone groups is 1. The summed E-state index contributed by atoms with van der Waals surface area (Å²) in [5, 5.41) is 5.24. The number of thioether (sulfide) groups is 1. The fraction of sp³-hybridized carbons (Fsp3) is 0.125. The van der Waals surface area contributed by atoms with E-state index in [1.807, 2.05) is 6.07 Å². The average molecular weight is 362 g/mol. The van der Waals surface area contributed by atoms with Crippen LogP contribution >= 0.6 is 28.7 Å². The van der Waals surface area contributed by atoms with Crippen molar-refractivity contribution in [2.24, 2.45) is 10.1 Å². The van der Waals surface area contributed by atoms with Gasteiger partial charge < -0.3 is 0 Å². The largest absolute Gasteiger partial charge is 0.265 e. The maximum absolute atomic E-state index is 4.37. The molecule has 0 amide bonds. The number of hydrogen-bond acceptors (Lipinski definition) is 3. The van der Waals surface area contributed by atoms with Crippen LogP contribution in [0.2, 0.25) is 0 Å². The van der Waals surface area contributed by atoms with E-state index in [2.05, 4.69) is 64.1 Å². The zero-order chi connectivity index (χ0) is 13.8. The summed E-state index contributed by atoms with van der Waals surface area (Å²) in [5.74, 6) is 0.852. The van der Waals surface area contributed by atoms with Crippen LogP contribution < -0.4 is 5.43 Å². The van der Waals surface area contributed by atoms with Gasteiger partial charge in [-0.1, -0.05) is 66.4 Å². The van der Waals surface area contributed by atoms with Gasteiger partial charge >= 0.3 is 0 Å². The lowest BCUT2D eigenvalue weighted by Crippen LogP contribution is -2.25. The lowest BCUT2D eigenvalue weighted by atomic mass is 10.0. The molecule has 0 bridgehead atoms. The van der Waals surface area contributed by atoms with Crippen LogP contribution in [0.4, 0.5) is 0 Å². The van der Waals surface area contributed by atoms with E-state index in [4.69, 9.17) is 0 Å². The second kappa shape index (κ2) is 7.43. The van der Waals surface area contributed by atoms with Gasteiger partial charge in [-0.25, -0.2) is 0 Å². The Balaban J connectivity index is 0.00000161. The summed E-state index contributed by atoms with van der Waals surface area (Å²) in [4.78, 5) is 4.09. The van der Waals surface area contributed by atoms with Crippen molar-refractivity contribution in [2.45, 2.75) is 0 Å². The SMILES string of the molecule is Br.CN=C1NN=C(c2ccc(-c3ccccc3)cc2)CS1. The third-order valence-corrected chi connectivity index (χ3v) is 4.13. The van der Waals surface area contributed by atoms with Gasteiger partial charge in [0.15, 0.2) is 5.17 Å². The molecule has 2 aromatic rings. The summed E-state index contributed by atoms with van der Waals surface area (Å²) in [6.45, 7) is 0. The van der Waals surface area contributed by atoms with Crippen LogP contribution in [0.5, 0.6) is 0 Å². The predicted molar refractivity (Wildman–Crippen MR) is 97.7 cm³/mol. The van der Waals surface area contributed by atoms with Gasteiger partial charge in [-0.15, -0.1) is 17.0 Å². The van der Waals surface area contributed by atoms with Gasteiger partial charge in [-0.2, -0.15) is 5.10 Å². The molecule has 1 heterocycles. The molecule has 0 saturated carbocycles. The van der Waals surface area contributed by atoms with E-state index in [-0.39, 0.29) is 17.0 Å². The van der Waals surface area contributed by atoms with Crippen LogP contribution in [0.15, 0.2) is 64.7 Å². The highest BCUT2D eigenvalue weighted by Crippen LogP contribution is 2.20. The highest BCUT2D eigenvalue weighted by molar-refractivity contribution is 8.93. The van der Waals surface area contributed by atoms with Crippen LogP contribution in [0.25, 0.3) is 11.1 Å². The summed E-state index contributed by atoms with van der Waals surface area (Å²) in [7, 11) is 1.77. The van der Waals surface area contributed by atoms with E-state index < -0.39 is 0 Å². The van der Waals surface area contributed by atoms with Gasteiger partial charge in [0, 0.05) is 12.8 Å². The van der Waals surface area contributed by atoms with E-state index in [0.29, 0.717) is 0 Å². The standard InChI is InChI=1S/C16H15N3S.BrH/c1-17-16-19-18-15(11-20-16)14-9-7-13(8-10-14)12-5-3-2-4-6-12;/h2-10H,11H2,1H3,(H,17,19);1H. The highest BCUT2D eigenvalue weighted by Gasteiger charge is 2.12. The summed E-state index contributed by atoms with van der Waals surface area (Å²) in [6.07, 6.45) is 0. The van der Waals surface area contributed by atoms with Gasteiger partial charge in [0.1, 0.15) is 0 Å². The summed E-state index contributed by atoms with van der Waals surface area (Å²) >= 11 is 1.67. The Bertz CT molecular complexity index is 651. The van der Waals surface area contributed by atoms with Crippen molar-refractivity contribution in [3.8, 4) is 11.1 Å². The van der Waals surface area contributed by atoms with Crippen LogP contribution in [0.1, 0.15) is 5.56 Å². The minimum atomic E-state index is 0. The second-order valence-electron chi connectivity index (χ2n) is 4.43. The van der Waals surface area contributed by atoms with E-state index in [1.54, 1.807) is 18.8 Å². The Morgan fingerprint density at radius 3 is 2.14 bits per heavy atom. The maximum atomic E-state index is 4.37. The Hall–Kier alpha value is -1.59. The number of aliphatic imine (C=N–C) groups is 1. The lowest BCUT2D eigenvalue weighted by molar-refractivity contribution is 1.03. The summed E-state index contributed by atoms with van der Waals surface area (Å²) in [6, 6.07) is 18.9. The normalized spacial score (nSPS) is 15.9. The van der Waals surface area contributed by atoms with Gasteiger partial charge in [0.25, 0.3) is 0 Å². The minimum absolute atomic E-state index is 0. The van der Waals surface area contributed by atoms with Gasteiger partial charge in [0.05, 0.1) is 5.71 Å². The number of nitrogens with zero attached hydrogens (tertiary/aromatic N) is 2. The molecule has 0 aromatic heterocycles. The molecule has 5 heteroatoms. The Morgan fingerprint density at radius 2 is 1.57 bits per heavy atom. The fourth-order valence-corrected chi connectivity index (χ4v) is 2.81. The topological polar surface area (TPSA) is 36.8 Å². The molecule has 2 aromatic carbocycles. The molecule has 0 atom stereocenters. The molecular formula is C16H16BrN3S. The first-order chi connectivity index (χ1) is 9.86. The average Bonchev–Trinajstić information content (AvgIpc) is 2.56. The zero-order valence-corrected chi connectivity index (χ0v) is 14.1. The molecule has 3 rings (SSSR count). The first kappa shape index (κ1) is 15.8. The number of rotatable bonds is 2. The smallest absolute Gasteiger partial charge is 0.177 e. The number of benzene rings is 2. The molecule has 0 fully saturated rings. The van der Waals surface area contributed by atoms with Crippen LogP contribution in [-0.2, 0) is 0 Å². The molecule has 21 heavy (non-hydrogen) atoms. The Kier molecular flexibility index (Phi) is 5.59. The number of nitrogens with one attached hydrogen (secondary N) is 1. The van der Waals surface area contributed by atoms with E-state index in [0.717, 1.165) is 22.2 Å². The molecule has 0 aliphatic carbocycles. The van der Waals surface area contributed by atoms with E-state index in [9.17, 15) is 0 Å². The van der Waals surface area contributed by atoms with Gasteiger partial charge in [0.2, 0.25) is 0 Å². The lowest BCUT2D eigenvalue weighted by Gasteiger charge is -2.14. The molecule has 3 nitrogen and oxygen atoms in total. The quantitative estimate of drug-likeness (QED) is 0.878. The molecular weight excluding hydrogens is 346 g/mol. The van der Waals surface area contributed by atoms with Crippen molar-refractivity contribution >= 4 is 39.6 Å². The molecule has 0 radical (unpaired) electrons. The van der Waals surface area contributed by atoms with Crippen LogP contribution in [-0.4, -0.2) is 23.7 Å². The van der Waals surface area contributed by atoms with E-state index in [1.165, 1.54) is 11.1 Å². The number of hydrogen-bond donors (Lipinski definition) is 1. The number of amidine groups is 1. The Morgan fingerprint density at radius 1 is 0.952 bits per heavy atom. The minimum Gasteiger partial charge on any atom is -0.265 e.